The fourth-order valence-corrected chi connectivity index (χ4v) is 4.25. The Bertz CT molecular complexity index is 696. The lowest BCUT2D eigenvalue weighted by Crippen LogP contribution is -2.31. The van der Waals surface area contributed by atoms with E-state index < -0.39 is 10.0 Å². The highest BCUT2D eigenvalue weighted by Gasteiger charge is 2.24. The van der Waals surface area contributed by atoms with Crippen LogP contribution in [0.15, 0.2) is 23.1 Å². The van der Waals surface area contributed by atoms with E-state index in [1.807, 2.05) is 41.5 Å². The summed E-state index contributed by atoms with van der Waals surface area (Å²) < 4.78 is 27.1. The Morgan fingerprint density at radius 2 is 1.62 bits per heavy atom. The van der Waals surface area contributed by atoms with Gasteiger partial charge in [-0.15, -0.1) is 0 Å². The first kappa shape index (κ1) is 22.4. The van der Waals surface area contributed by atoms with Gasteiger partial charge in [0.15, 0.2) is 0 Å². The predicted octanol–water partition coefficient (Wildman–Crippen LogP) is 3.55. The molecule has 0 radical (unpaired) electrons. The minimum Gasteiger partial charge on any atom is -0.370 e. The lowest BCUT2D eigenvalue weighted by molar-refractivity contribution is -0.119. The van der Waals surface area contributed by atoms with E-state index >= 15 is 0 Å². The lowest BCUT2D eigenvalue weighted by atomic mass is 10.1. The van der Waals surface area contributed by atoms with Crippen LogP contribution in [0.4, 0.5) is 11.4 Å². The molecule has 0 saturated heterocycles. The number of nitrogens with one attached hydrogen (secondary N) is 1. The van der Waals surface area contributed by atoms with E-state index in [1.54, 1.807) is 18.2 Å². The van der Waals surface area contributed by atoms with E-state index in [1.165, 1.54) is 4.31 Å². The van der Waals surface area contributed by atoms with Crippen molar-refractivity contribution in [3.63, 3.8) is 0 Å². The van der Waals surface area contributed by atoms with Gasteiger partial charge in [-0.25, -0.2) is 8.42 Å². The molecule has 148 valence electrons. The molecule has 6 nitrogen and oxygen atoms in total. The molecule has 0 fully saturated rings. The number of anilines is 2. The van der Waals surface area contributed by atoms with Crippen LogP contribution >= 0.6 is 0 Å². The molecule has 0 heterocycles. The molecule has 0 aliphatic heterocycles. The van der Waals surface area contributed by atoms with E-state index in [0.29, 0.717) is 18.8 Å². The van der Waals surface area contributed by atoms with Crippen molar-refractivity contribution >= 4 is 27.3 Å². The van der Waals surface area contributed by atoms with Gasteiger partial charge in [0.1, 0.15) is 0 Å². The topological polar surface area (TPSA) is 69.7 Å². The summed E-state index contributed by atoms with van der Waals surface area (Å²) in [6.45, 7) is 13.9. The molecule has 1 N–H and O–H groups in total. The second kappa shape index (κ2) is 9.92. The third-order valence-corrected chi connectivity index (χ3v) is 6.78. The molecule has 0 aliphatic carbocycles. The summed E-state index contributed by atoms with van der Waals surface area (Å²) in [5.74, 6) is -0.235. The Kier molecular flexibility index (Phi) is 8.56. The van der Waals surface area contributed by atoms with Crippen molar-refractivity contribution in [3.05, 3.63) is 18.2 Å². The van der Waals surface area contributed by atoms with Gasteiger partial charge in [-0.2, -0.15) is 4.31 Å². The van der Waals surface area contributed by atoms with Gasteiger partial charge in [-0.3, -0.25) is 4.79 Å². The first-order valence-corrected chi connectivity index (χ1v) is 10.9. The average Bonchev–Trinajstić information content (AvgIpc) is 2.63. The molecule has 1 rings (SSSR count). The van der Waals surface area contributed by atoms with Crippen molar-refractivity contribution in [2.75, 3.05) is 36.4 Å². The number of benzene rings is 1. The van der Waals surface area contributed by atoms with E-state index in [9.17, 15) is 13.2 Å². The minimum absolute atomic E-state index is 0.0988. The summed E-state index contributed by atoms with van der Waals surface area (Å²) in [6, 6.07) is 5.00. The molecular weight excluding hydrogens is 350 g/mol. The summed E-state index contributed by atoms with van der Waals surface area (Å²) in [5.41, 5.74) is 1.39. The van der Waals surface area contributed by atoms with Gasteiger partial charge < -0.3 is 10.2 Å². The molecule has 0 spiro atoms. The monoisotopic (exact) mass is 383 g/mol. The standard InChI is InChI=1S/C19H33N3O3S/c1-7-15(6)19(23)20-17-14-16(26(24,25)22(10-4)11-5)12-13-18(17)21(8-2)9-3/h12-15H,7-11H2,1-6H3,(H,20,23). The second-order valence-corrected chi connectivity index (χ2v) is 8.18. The summed E-state index contributed by atoms with van der Waals surface area (Å²) >= 11 is 0. The zero-order valence-corrected chi connectivity index (χ0v) is 17.7. The Morgan fingerprint density at radius 3 is 2.08 bits per heavy atom. The maximum absolute atomic E-state index is 12.8. The fraction of sp³-hybridized carbons (Fsp3) is 0.632. The molecule has 26 heavy (non-hydrogen) atoms. The Morgan fingerprint density at radius 1 is 1.04 bits per heavy atom. The van der Waals surface area contributed by atoms with Crippen LogP contribution in [0.25, 0.3) is 0 Å². The molecule has 1 atom stereocenters. The largest absolute Gasteiger partial charge is 0.370 e. The van der Waals surface area contributed by atoms with Crippen LogP contribution in [0.2, 0.25) is 0 Å². The zero-order chi connectivity index (χ0) is 19.9. The number of nitrogens with zero attached hydrogens (tertiary/aromatic N) is 2. The first-order valence-electron chi connectivity index (χ1n) is 9.46. The number of rotatable bonds is 10. The highest BCUT2D eigenvalue weighted by atomic mass is 32.2. The van der Waals surface area contributed by atoms with Gasteiger partial charge in [0, 0.05) is 32.1 Å². The molecule has 0 saturated carbocycles. The van der Waals surface area contributed by atoms with Crippen LogP contribution in [0.1, 0.15) is 48.0 Å². The van der Waals surface area contributed by atoms with Gasteiger partial charge in [-0.05, 0) is 38.5 Å². The van der Waals surface area contributed by atoms with E-state index in [4.69, 9.17) is 0 Å². The van der Waals surface area contributed by atoms with Crippen molar-refractivity contribution in [1.82, 2.24) is 4.31 Å². The van der Waals surface area contributed by atoms with E-state index in [0.717, 1.165) is 25.2 Å². The van der Waals surface area contributed by atoms with E-state index in [2.05, 4.69) is 10.2 Å². The summed E-state index contributed by atoms with van der Waals surface area (Å²) in [4.78, 5) is 14.7. The van der Waals surface area contributed by atoms with Crippen molar-refractivity contribution in [2.24, 2.45) is 5.92 Å². The molecule has 1 unspecified atom stereocenters. The van der Waals surface area contributed by atoms with Crippen molar-refractivity contribution in [2.45, 2.75) is 52.9 Å². The van der Waals surface area contributed by atoms with Crippen LogP contribution < -0.4 is 10.2 Å². The molecule has 0 aromatic heterocycles. The average molecular weight is 384 g/mol. The SMILES string of the molecule is CCC(C)C(=O)Nc1cc(S(=O)(=O)N(CC)CC)ccc1N(CC)CC. The zero-order valence-electron chi connectivity index (χ0n) is 16.9. The van der Waals surface area contributed by atoms with Crippen molar-refractivity contribution in [1.29, 1.82) is 0 Å². The van der Waals surface area contributed by atoms with Crippen molar-refractivity contribution < 1.29 is 13.2 Å². The lowest BCUT2D eigenvalue weighted by Gasteiger charge is -2.26. The summed E-state index contributed by atoms with van der Waals surface area (Å²) in [7, 11) is -3.58. The number of amides is 1. The first-order chi connectivity index (χ1) is 12.3. The number of carbonyl (C=O) groups is 1. The Hall–Kier alpha value is -1.60. The number of sulfonamides is 1. The van der Waals surface area contributed by atoms with Crippen LogP contribution in [0.5, 0.6) is 0 Å². The van der Waals surface area contributed by atoms with Crippen LogP contribution in [-0.4, -0.2) is 44.8 Å². The minimum atomic E-state index is -3.58. The summed E-state index contributed by atoms with van der Waals surface area (Å²) in [6.07, 6.45) is 0.726. The normalized spacial score (nSPS) is 12.9. The molecule has 0 aliphatic rings. The van der Waals surface area contributed by atoms with Crippen LogP contribution in [0.3, 0.4) is 0 Å². The Balaban J connectivity index is 3.43. The van der Waals surface area contributed by atoms with Gasteiger partial charge >= 0.3 is 0 Å². The maximum atomic E-state index is 12.8. The molecular formula is C19H33N3O3S. The highest BCUT2D eigenvalue weighted by Crippen LogP contribution is 2.30. The summed E-state index contributed by atoms with van der Waals surface area (Å²) in [5, 5.41) is 2.93. The maximum Gasteiger partial charge on any atom is 0.243 e. The molecule has 7 heteroatoms. The number of carbonyl (C=O) groups excluding carboxylic acids is 1. The van der Waals surface area contributed by atoms with Crippen molar-refractivity contribution in [3.8, 4) is 0 Å². The van der Waals surface area contributed by atoms with E-state index in [-0.39, 0.29) is 16.7 Å². The Labute approximate surface area is 158 Å². The third-order valence-electron chi connectivity index (χ3n) is 4.73. The van der Waals surface area contributed by atoms with Gasteiger partial charge in [0.25, 0.3) is 0 Å². The number of hydrogen-bond donors (Lipinski definition) is 1. The van der Waals surface area contributed by atoms with Crippen LogP contribution in [0, 0.1) is 5.92 Å². The van der Waals surface area contributed by atoms with Crippen LogP contribution in [-0.2, 0) is 14.8 Å². The number of hydrogen-bond acceptors (Lipinski definition) is 4. The third kappa shape index (κ3) is 4.98. The second-order valence-electron chi connectivity index (χ2n) is 6.24. The predicted molar refractivity (Wildman–Crippen MR) is 108 cm³/mol. The molecule has 1 aromatic carbocycles. The quantitative estimate of drug-likeness (QED) is 0.671. The molecule has 1 amide bonds. The van der Waals surface area contributed by atoms with Gasteiger partial charge in [-0.1, -0.05) is 27.7 Å². The smallest absolute Gasteiger partial charge is 0.243 e. The highest BCUT2D eigenvalue weighted by molar-refractivity contribution is 7.89. The molecule has 1 aromatic rings. The molecule has 0 bridgehead atoms. The fourth-order valence-electron chi connectivity index (χ4n) is 2.77. The van der Waals surface area contributed by atoms with Gasteiger partial charge in [0.05, 0.1) is 16.3 Å². The van der Waals surface area contributed by atoms with Gasteiger partial charge in [0.2, 0.25) is 15.9 Å².